The topological polar surface area (TPSA) is 69.7 Å². The van der Waals surface area contributed by atoms with Gasteiger partial charge in [-0.25, -0.2) is 0 Å². The number of carbonyl (C=O) groups is 2. The van der Waals surface area contributed by atoms with Gasteiger partial charge >= 0.3 is 5.97 Å². The van der Waals surface area contributed by atoms with Crippen molar-refractivity contribution in [3.63, 3.8) is 0 Å². The summed E-state index contributed by atoms with van der Waals surface area (Å²) < 4.78 is 18.9. The third kappa shape index (κ3) is 6.23. The monoisotopic (exact) mass is 410 g/mol. The Hall–Kier alpha value is -2.10. The minimum Gasteiger partial charge on any atom is -0.496 e. The third-order valence-corrected chi connectivity index (χ3v) is 3.95. The maximum Gasteiger partial charge on any atom is 0.321 e. The van der Waals surface area contributed by atoms with Crippen molar-refractivity contribution in [3.05, 3.63) is 64.7 Å². The fraction of sp³-hybridized carbons (Fsp3) is 0.300. The molecule has 0 spiro atoms. The highest BCUT2D eigenvalue weighted by Gasteiger charge is 2.33. The van der Waals surface area contributed by atoms with Crippen LogP contribution in [0.4, 0.5) is 0 Å². The minimum atomic E-state index is -1.09. The lowest BCUT2D eigenvalue weighted by atomic mass is 9.90. The van der Waals surface area contributed by atoms with E-state index in [1.807, 2.05) is 19.9 Å². The van der Waals surface area contributed by atoms with Gasteiger partial charge in [-0.2, -0.15) is 0 Å². The van der Waals surface area contributed by atoms with Crippen LogP contribution in [-0.2, 0) is 14.1 Å². The number of methoxy groups -OCH3 is 1. The van der Waals surface area contributed by atoms with Crippen LogP contribution in [0.5, 0.6) is 5.75 Å². The number of ketones is 1. The van der Waals surface area contributed by atoms with Gasteiger partial charge in [0, 0.05) is 0 Å². The summed E-state index contributed by atoms with van der Waals surface area (Å²) in [6, 6.07) is 13.7. The van der Waals surface area contributed by atoms with E-state index >= 15 is 0 Å². The van der Waals surface area contributed by atoms with Gasteiger partial charge in [-0.05, 0) is 23.6 Å². The molecule has 2 rings (SSSR count). The predicted octanol–water partition coefficient (Wildman–Crippen LogP) is 4.45. The van der Waals surface area contributed by atoms with Crippen LogP contribution < -0.4 is 4.74 Å². The predicted molar refractivity (Wildman–Crippen MR) is 109 cm³/mol. The zero-order valence-electron chi connectivity index (χ0n) is 15.6. The zero-order valence-corrected chi connectivity index (χ0v) is 17.8. The van der Waals surface area contributed by atoms with Crippen LogP contribution in [0.15, 0.2) is 48.5 Å². The summed E-state index contributed by atoms with van der Waals surface area (Å²) in [5.74, 6) is -1.62. The SMILES string of the molecule is COc1cccc(Cl)c1C(=O)C(C(=O)OCC(C)C)c1ccccc1.O=[PH3]. The molecule has 0 N–H and O–H groups in total. The van der Waals surface area contributed by atoms with Crippen LogP contribution in [0, 0.1) is 5.92 Å². The third-order valence-electron chi connectivity index (χ3n) is 3.63. The Kier molecular flexibility index (Phi) is 9.84. The van der Waals surface area contributed by atoms with Crippen molar-refractivity contribution in [3.8, 4) is 5.75 Å². The second-order valence-electron chi connectivity index (χ2n) is 6.05. The smallest absolute Gasteiger partial charge is 0.321 e. The number of esters is 1. The molecule has 0 aromatic heterocycles. The van der Waals surface area contributed by atoms with Gasteiger partial charge in [0.05, 0.1) is 33.4 Å². The summed E-state index contributed by atoms with van der Waals surface area (Å²) in [5.41, 5.74) is 0.741. The van der Waals surface area contributed by atoms with Crippen LogP contribution in [-0.4, -0.2) is 25.5 Å². The maximum absolute atomic E-state index is 13.2. The molecule has 0 heterocycles. The molecule has 2 aromatic carbocycles. The Labute approximate surface area is 166 Å². The first-order valence-electron chi connectivity index (χ1n) is 8.32. The van der Waals surface area contributed by atoms with Crippen molar-refractivity contribution in [1.29, 1.82) is 0 Å². The average Bonchev–Trinajstić information content (AvgIpc) is 2.68. The number of hydrogen-bond acceptors (Lipinski definition) is 5. The van der Waals surface area contributed by atoms with Gasteiger partial charge < -0.3 is 14.0 Å². The molecule has 2 unspecified atom stereocenters. The van der Waals surface area contributed by atoms with Crippen LogP contribution in [0.1, 0.15) is 35.7 Å². The van der Waals surface area contributed by atoms with Crippen LogP contribution in [0.2, 0.25) is 5.02 Å². The van der Waals surface area contributed by atoms with Gasteiger partial charge in [0.2, 0.25) is 0 Å². The number of carbonyl (C=O) groups excluding carboxylic acids is 2. The van der Waals surface area contributed by atoms with Crippen LogP contribution in [0.3, 0.4) is 0 Å². The van der Waals surface area contributed by atoms with Crippen LogP contribution in [0.25, 0.3) is 0 Å². The number of ether oxygens (including phenoxy) is 2. The van der Waals surface area contributed by atoms with E-state index in [1.54, 1.807) is 42.5 Å². The van der Waals surface area contributed by atoms with E-state index in [2.05, 4.69) is 0 Å². The molecule has 0 fully saturated rings. The molecule has 0 amide bonds. The van der Waals surface area contributed by atoms with Crippen molar-refractivity contribution in [1.82, 2.24) is 0 Å². The average molecular weight is 411 g/mol. The minimum absolute atomic E-state index is 0.172. The van der Waals surface area contributed by atoms with Gasteiger partial charge in [0.15, 0.2) is 5.78 Å². The van der Waals surface area contributed by atoms with Gasteiger partial charge in [0.1, 0.15) is 11.7 Å². The van der Waals surface area contributed by atoms with Crippen molar-refractivity contribution in [2.45, 2.75) is 19.8 Å². The standard InChI is InChI=1S/C20H21ClO4.H3OP/c1-13(2)12-25-20(23)17(14-8-5-4-6-9-14)19(22)18-15(21)10-7-11-16(18)24-3;1-2/h4-11,13,17H,12H2,1-3H3;2H3. The van der Waals surface area contributed by atoms with E-state index in [1.165, 1.54) is 7.11 Å². The van der Waals surface area contributed by atoms with E-state index < -0.39 is 17.7 Å². The number of rotatable bonds is 7. The van der Waals surface area contributed by atoms with E-state index in [0.29, 0.717) is 20.4 Å². The molecule has 7 heteroatoms. The van der Waals surface area contributed by atoms with Crippen molar-refractivity contribution in [2.24, 2.45) is 5.92 Å². The second kappa shape index (κ2) is 11.6. The largest absolute Gasteiger partial charge is 0.496 e. The van der Waals surface area contributed by atoms with E-state index in [4.69, 9.17) is 25.6 Å². The molecular formula is C20H24ClO5P. The Morgan fingerprint density at radius 3 is 2.22 bits per heavy atom. The zero-order chi connectivity index (χ0) is 20.4. The summed E-state index contributed by atoms with van der Waals surface area (Å²) in [4.78, 5) is 25.8. The molecular weight excluding hydrogens is 387 g/mol. The summed E-state index contributed by atoms with van der Waals surface area (Å²) in [6.45, 7) is 4.11. The summed E-state index contributed by atoms with van der Waals surface area (Å²) in [5, 5.41) is 0.238. The Morgan fingerprint density at radius 2 is 1.67 bits per heavy atom. The lowest BCUT2D eigenvalue weighted by Crippen LogP contribution is -2.26. The van der Waals surface area contributed by atoms with Gasteiger partial charge in [-0.1, -0.05) is 61.8 Å². The summed E-state index contributed by atoms with van der Waals surface area (Å²) >= 11 is 6.21. The van der Waals surface area contributed by atoms with Crippen molar-refractivity contribution >= 4 is 32.5 Å². The van der Waals surface area contributed by atoms with E-state index in [9.17, 15) is 9.59 Å². The van der Waals surface area contributed by atoms with Gasteiger partial charge in [0.25, 0.3) is 0 Å². The summed E-state index contributed by atoms with van der Waals surface area (Å²) in [7, 11) is 2.07. The maximum atomic E-state index is 13.2. The highest BCUT2D eigenvalue weighted by Crippen LogP contribution is 2.32. The highest BCUT2D eigenvalue weighted by atomic mass is 35.5. The lowest BCUT2D eigenvalue weighted by molar-refractivity contribution is -0.145. The Bertz CT molecular complexity index is 764. The van der Waals surface area contributed by atoms with Crippen LogP contribution >= 0.6 is 20.7 Å². The fourth-order valence-corrected chi connectivity index (χ4v) is 2.69. The molecule has 0 aliphatic rings. The number of hydrogen-bond donors (Lipinski definition) is 0. The highest BCUT2D eigenvalue weighted by molar-refractivity contribution is 7.00. The molecule has 146 valence electrons. The molecule has 0 aliphatic carbocycles. The number of halogens is 1. The first-order chi connectivity index (χ1) is 13.0. The Balaban J connectivity index is 0.00000176. The first-order valence-corrected chi connectivity index (χ1v) is 9.28. The molecule has 2 atom stereocenters. The first kappa shape index (κ1) is 22.9. The molecule has 0 saturated carbocycles. The fourth-order valence-electron chi connectivity index (χ4n) is 2.43. The van der Waals surface area contributed by atoms with Gasteiger partial charge in [-0.3, -0.25) is 9.59 Å². The molecule has 5 nitrogen and oxygen atoms in total. The number of Topliss-reactive ketones (excluding diaryl/α,β-unsaturated/α-hetero) is 1. The van der Waals surface area contributed by atoms with Gasteiger partial charge in [-0.15, -0.1) is 0 Å². The molecule has 27 heavy (non-hydrogen) atoms. The second-order valence-corrected chi connectivity index (χ2v) is 6.46. The quantitative estimate of drug-likeness (QED) is 0.292. The van der Waals surface area contributed by atoms with Crippen molar-refractivity contribution < 1.29 is 23.6 Å². The lowest BCUT2D eigenvalue weighted by Gasteiger charge is -2.18. The summed E-state index contributed by atoms with van der Waals surface area (Å²) in [6.07, 6.45) is 0. The molecule has 2 aromatic rings. The normalized spacial score (nSPS) is 11.3. The molecule has 0 saturated heterocycles. The van der Waals surface area contributed by atoms with E-state index in [0.717, 1.165) is 0 Å². The van der Waals surface area contributed by atoms with E-state index in [-0.39, 0.29) is 23.1 Å². The molecule has 0 radical (unpaired) electrons. The molecule has 0 bridgehead atoms. The van der Waals surface area contributed by atoms with Crippen molar-refractivity contribution in [2.75, 3.05) is 13.7 Å². The molecule has 0 aliphatic heterocycles. The number of benzene rings is 2. The Morgan fingerprint density at radius 1 is 1.04 bits per heavy atom.